The van der Waals surface area contributed by atoms with E-state index in [4.69, 9.17) is 0 Å². The lowest BCUT2D eigenvalue weighted by Gasteiger charge is -2.09. The largest absolute Gasteiger partial charge is 0.435 e. The van der Waals surface area contributed by atoms with Crippen LogP contribution >= 0.6 is 0 Å². The van der Waals surface area contributed by atoms with Crippen molar-refractivity contribution in [2.24, 2.45) is 0 Å². The number of urea groups is 1. The molecule has 0 spiro atoms. The molecule has 128 valence electrons. The first-order valence-electron chi connectivity index (χ1n) is 7.03. The smallest absolute Gasteiger partial charge is 0.387 e. The zero-order chi connectivity index (χ0) is 17.6. The number of anilines is 2. The Labute approximate surface area is 140 Å². The second-order valence-corrected chi connectivity index (χ2v) is 4.73. The number of imidazole rings is 1. The first-order valence-corrected chi connectivity index (χ1v) is 7.03. The van der Waals surface area contributed by atoms with Crippen LogP contribution < -0.4 is 15.4 Å². The van der Waals surface area contributed by atoms with Gasteiger partial charge in [-0.2, -0.15) is 8.78 Å². The summed E-state index contributed by atoms with van der Waals surface area (Å²) in [5.41, 5.74) is 0.660. The average molecular weight is 346 g/mol. The van der Waals surface area contributed by atoms with Gasteiger partial charge in [0, 0.05) is 24.1 Å². The highest BCUT2D eigenvalue weighted by molar-refractivity contribution is 5.99. The number of nitrogens with one attached hydrogen (secondary N) is 2. The lowest BCUT2D eigenvalue weighted by Crippen LogP contribution is -2.19. The van der Waals surface area contributed by atoms with E-state index < -0.39 is 12.6 Å². The van der Waals surface area contributed by atoms with E-state index in [1.165, 1.54) is 36.7 Å². The summed E-state index contributed by atoms with van der Waals surface area (Å²) in [4.78, 5) is 24.0. The molecule has 3 aromatic rings. The molecule has 0 radical (unpaired) electrons. The number of rotatable bonds is 5. The molecule has 0 saturated heterocycles. The third kappa shape index (κ3) is 4.47. The quantitative estimate of drug-likeness (QED) is 0.741. The number of amides is 2. The fourth-order valence-electron chi connectivity index (χ4n) is 1.94. The van der Waals surface area contributed by atoms with Gasteiger partial charge < -0.3 is 15.4 Å². The molecular weight excluding hydrogens is 334 g/mol. The highest BCUT2D eigenvalue weighted by Crippen LogP contribution is 2.19. The first kappa shape index (κ1) is 16.3. The molecule has 2 heterocycles. The molecule has 2 amide bonds. The van der Waals surface area contributed by atoms with Gasteiger partial charge in [-0.25, -0.2) is 19.7 Å². The van der Waals surface area contributed by atoms with Crippen molar-refractivity contribution in [3.8, 4) is 11.7 Å². The van der Waals surface area contributed by atoms with E-state index in [0.29, 0.717) is 17.3 Å². The molecule has 25 heavy (non-hydrogen) atoms. The van der Waals surface area contributed by atoms with Crippen molar-refractivity contribution in [1.29, 1.82) is 0 Å². The van der Waals surface area contributed by atoms with E-state index in [1.54, 1.807) is 23.3 Å². The molecule has 0 fully saturated rings. The summed E-state index contributed by atoms with van der Waals surface area (Å²) in [6.07, 6.45) is 7.68. The topological polar surface area (TPSA) is 94.0 Å². The molecule has 0 atom stereocenters. The molecule has 2 N–H and O–H groups in total. The van der Waals surface area contributed by atoms with Crippen LogP contribution in [0.1, 0.15) is 0 Å². The molecule has 10 heteroatoms. The molecule has 3 rings (SSSR count). The number of alkyl halides is 2. The summed E-state index contributed by atoms with van der Waals surface area (Å²) < 4.78 is 30.3. The molecule has 0 aliphatic carbocycles. The second kappa shape index (κ2) is 7.34. The van der Waals surface area contributed by atoms with Crippen LogP contribution in [0.5, 0.6) is 5.75 Å². The number of nitrogens with zero attached hydrogens (tertiary/aromatic N) is 4. The normalized spacial score (nSPS) is 10.5. The highest BCUT2D eigenvalue weighted by Gasteiger charge is 2.08. The van der Waals surface area contributed by atoms with E-state index in [0.717, 1.165) is 0 Å². The van der Waals surface area contributed by atoms with Crippen LogP contribution in [0.4, 0.5) is 25.0 Å². The van der Waals surface area contributed by atoms with Gasteiger partial charge in [-0.15, -0.1) is 0 Å². The number of aromatic nitrogens is 4. The summed E-state index contributed by atoms with van der Waals surface area (Å²) in [7, 11) is 0. The monoisotopic (exact) mass is 346 g/mol. The van der Waals surface area contributed by atoms with E-state index >= 15 is 0 Å². The van der Waals surface area contributed by atoms with Gasteiger partial charge >= 0.3 is 12.6 Å². The highest BCUT2D eigenvalue weighted by atomic mass is 19.3. The Morgan fingerprint density at radius 3 is 2.60 bits per heavy atom. The van der Waals surface area contributed by atoms with Crippen LogP contribution in [0.25, 0.3) is 5.95 Å². The fourth-order valence-corrected chi connectivity index (χ4v) is 1.94. The first-order chi connectivity index (χ1) is 12.1. The van der Waals surface area contributed by atoms with Crippen molar-refractivity contribution in [1.82, 2.24) is 19.5 Å². The molecule has 0 aliphatic rings. The number of benzene rings is 1. The molecule has 0 saturated carbocycles. The van der Waals surface area contributed by atoms with Gasteiger partial charge in [0.2, 0.25) is 5.95 Å². The maximum absolute atomic E-state index is 12.2. The molecule has 1 aromatic carbocycles. The zero-order valence-electron chi connectivity index (χ0n) is 12.6. The molecule has 8 nitrogen and oxygen atoms in total. The van der Waals surface area contributed by atoms with Crippen LogP contribution in [-0.4, -0.2) is 32.2 Å². The number of halogens is 2. The molecule has 0 aliphatic heterocycles. The lowest BCUT2D eigenvalue weighted by atomic mass is 10.3. The van der Waals surface area contributed by atoms with Gasteiger partial charge in [0.1, 0.15) is 12.1 Å². The summed E-state index contributed by atoms with van der Waals surface area (Å²) >= 11 is 0. The maximum atomic E-state index is 12.2. The van der Waals surface area contributed by atoms with E-state index in [2.05, 4.69) is 30.3 Å². The van der Waals surface area contributed by atoms with E-state index in [1.807, 2.05) is 0 Å². The second-order valence-electron chi connectivity index (χ2n) is 4.73. The van der Waals surface area contributed by atoms with Crippen molar-refractivity contribution < 1.29 is 18.3 Å². The van der Waals surface area contributed by atoms with Crippen LogP contribution in [0.2, 0.25) is 0 Å². The number of hydrogen-bond donors (Lipinski definition) is 2. The summed E-state index contributed by atoms with van der Waals surface area (Å²) in [6, 6.07) is 5.09. The van der Waals surface area contributed by atoms with Crippen LogP contribution in [0, 0.1) is 0 Å². The van der Waals surface area contributed by atoms with Gasteiger partial charge in [-0.3, -0.25) is 4.57 Å². The number of ether oxygens (including phenoxy) is 1. The van der Waals surface area contributed by atoms with E-state index in [-0.39, 0.29) is 5.75 Å². The molecule has 2 aromatic heterocycles. The predicted molar refractivity (Wildman–Crippen MR) is 84.9 cm³/mol. The van der Waals surface area contributed by atoms with Crippen molar-refractivity contribution in [2.45, 2.75) is 6.61 Å². The van der Waals surface area contributed by atoms with Gasteiger partial charge in [-0.05, 0) is 12.1 Å². The third-order valence-electron chi connectivity index (χ3n) is 2.95. The van der Waals surface area contributed by atoms with Gasteiger partial charge in [0.25, 0.3) is 0 Å². The van der Waals surface area contributed by atoms with Crippen LogP contribution in [0.15, 0.2) is 55.4 Å². The Hall–Kier alpha value is -3.56. The van der Waals surface area contributed by atoms with Crippen molar-refractivity contribution in [2.75, 3.05) is 10.6 Å². The van der Waals surface area contributed by atoms with Gasteiger partial charge in [-0.1, -0.05) is 6.07 Å². The molecule has 0 unspecified atom stereocenters. The summed E-state index contributed by atoms with van der Waals surface area (Å²) in [5, 5.41) is 5.03. The number of carbonyl (C=O) groups is 1. The summed E-state index contributed by atoms with van der Waals surface area (Å²) in [6.45, 7) is -2.93. The van der Waals surface area contributed by atoms with Crippen molar-refractivity contribution in [3.63, 3.8) is 0 Å². The Kier molecular flexibility index (Phi) is 4.79. The minimum Gasteiger partial charge on any atom is -0.435 e. The Morgan fingerprint density at radius 1 is 1.16 bits per heavy atom. The lowest BCUT2D eigenvalue weighted by molar-refractivity contribution is -0.0497. The average Bonchev–Trinajstić information content (AvgIpc) is 3.09. The number of hydrogen-bond acceptors (Lipinski definition) is 5. The Bertz CT molecular complexity index is 839. The third-order valence-corrected chi connectivity index (χ3v) is 2.95. The van der Waals surface area contributed by atoms with Crippen LogP contribution in [-0.2, 0) is 0 Å². The molecule has 0 bridgehead atoms. The molecular formula is C15H12F2N6O2. The Balaban J connectivity index is 1.61. The minimum absolute atomic E-state index is 0.0548. The van der Waals surface area contributed by atoms with Gasteiger partial charge in [0.05, 0.1) is 18.1 Å². The fraction of sp³-hybridized carbons (Fsp3) is 0.0667. The minimum atomic E-state index is -2.93. The number of carbonyl (C=O) groups excluding carboxylic acids is 1. The SMILES string of the molecule is O=C(Nc1cnc(-n2ccnc2)nc1)Nc1cccc(OC(F)F)c1. The maximum Gasteiger partial charge on any atom is 0.387 e. The standard InChI is InChI=1S/C15H12F2N6O2/c16-13(17)25-12-3-1-2-10(6-12)21-15(24)22-11-7-19-14(20-8-11)23-5-4-18-9-23/h1-9,13H,(H2,21,22,24). The Morgan fingerprint density at radius 2 is 1.92 bits per heavy atom. The van der Waals surface area contributed by atoms with Crippen molar-refractivity contribution in [3.05, 3.63) is 55.4 Å². The zero-order valence-corrected chi connectivity index (χ0v) is 12.6. The van der Waals surface area contributed by atoms with Crippen LogP contribution in [0.3, 0.4) is 0 Å². The van der Waals surface area contributed by atoms with Crippen molar-refractivity contribution >= 4 is 17.4 Å². The summed E-state index contributed by atoms with van der Waals surface area (Å²) in [5.74, 6) is 0.348. The van der Waals surface area contributed by atoms with Gasteiger partial charge in [0.15, 0.2) is 0 Å². The van der Waals surface area contributed by atoms with E-state index in [9.17, 15) is 13.6 Å². The predicted octanol–water partition coefficient (Wildman–Crippen LogP) is 2.91.